The molecule has 0 amide bonds. The normalized spacial score (nSPS) is 10.7. The first-order chi connectivity index (χ1) is 4.88. The molecular formula is C8H12NO. The maximum Gasteiger partial charge on any atom is 0.197 e. The molecule has 0 bridgehead atoms. The van der Waals surface area contributed by atoms with E-state index in [9.17, 15) is 0 Å². The molecule has 10 heavy (non-hydrogen) atoms. The van der Waals surface area contributed by atoms with Gasteiger partial charge in [0.15, 0.2) is 5.89 Å². The molecule has 1 atom stereocenters. The average molecular weight is 138 g/mol. The first kappa shape index (κ1) is 7.32. The number of aromatic nitrogens is 1. The van der Waals surface area contributed by atoms with Crippen LogP contribution in [0.4, 0.5) is 0 Å². The van der Waals surface area contributed by atoms with Gasteiger partial charge in [-0.2, -0.15) is 0 Å². The molecule has 55 valence electrons. The fourth-order valence-electron chi connectivity index (χ4n) is 0.938. The van der Waals surface area contributed by atoms with Gasteiger partial charge in [0.2, 0.25) is 0 Å². The zero-order chi connectivity index (χ0) is 7.40. The summed E-state index contributed by atoms with van der Waals surface area (Å²) in [5, 5.41) is 0. The molecule has 0 aliphatic carbocycles. The van der Waals surface area contributed by atoms with Crippen LogP contribution in [0.15, 0.2) is 16.9 Å². The van der Waals surface area contributed by atoms with E-state index in [-0.39, 0.29) is 0 Å². The van der Waals surface area contributed by atoms with E-state index in [0.717, 1.165) is 18.7 Å². The molecule has 0 saturated heterocycles. The van der Waals surface area contributed by atoms with Crippen molar-refractivity contribution in [2.24, 2.45) is 0 Å². The van der Waals surface area contributed by atoms with Gasteiger partial charge < -0.3 is 4.42 Å². The predicted molar refractivity (Wildman–Crippen MR) is 39.5 cm³/mol. The highest BCUT2D eigenvalue weighted by Gasteiger charge is 2.09. The largest absolute Gasteiger partial charge is 0.449 e. The van der Waals surface area contributed by atoms with Gasteiger partial charge in [-0.3, -0.25) is 0 Å². The van der Waals surface area contributed by atoms with Crippen LogP contribution in [0, 0.1) is 6.92 Å². The van der Waals surface area contributed by atoms with Gasteiger partial charge in [0.1, 0.15) is 6.26 Å². The van der Waals surface area contributed by atoms with Gasteiger partial charge in [0, 0.05) is 5.92 Å². The van der Waals surface area contributed by atoms with Gasteiger partial charge in [0.25, 0.3) is 0 Å². The lowest BCUT2D eigenvalue weighted by Gasteiger charge is -2.04. The van der Waals surface area contributed by atoms with Crippen molar-refractivity contribution in [2.45, 2.75) is 25.7 Å². The highest BCUT2D eigenvalue weighted by Crippen LogP contribution is 2.19. The van der Waals surface area contributed by atoms with E-state index >= 15 is 0 Å². The Kier molecular flexibility index (Phi) is 2.49. The van der Waals surface area contributed by atoms with Crippen LogP contribution >= 0.6 is 0 Å². The first-order valence-electron chi connectivity index (χ1n) is 3.57. The van der Waals surface area contributed by atoms with Crippen LogP contribution in [0.5, 0.6) is 0 Å². The Morgan fingerprint density at radius 3 is 3.00 bits per heavy atom. The standard InChI is InChI=1S/C8H12NO/c1-3-7(4-2)8-9-5-6-10-8/h5-7H,1,3-4H2,2H3. The van der Waals surface area contributed by atoms with Crippen molar-refractivity contribution >= 4 is 0 Å². The zero-order valence-electron chi connectivity index (χ0n) is 6.21. The third-order valence-corrected chi connectivity index (χ3v) is 1.64. The Labute approximate surface area is 61.3 Å². The lowest BCUT2D eigenvalue weighted by Crippen LogP contribution is -1.94. The molecule has 0 N–H and O–H groups in total. The molecule has 0 aliphatic heterocycles. The Bertz CT molecular complexity index is 165. The van der Waals surface area contributed by atoms with Crippen LogP contribution in [-0.4, -0.2) is 4.98 Å². The smallest absolute Gasteiger partial charge is 0.197 e. The summed E-state index contributed by atoms with van der Waals surface area (Å²) in [6.45, 7) is 5.92. The van der Waals surface area contributed by atoms with Gasteiger partial charge >= 0.3 is 0 Å². The summed E-state index contributed by atoms with van der Waals surface area (Å²) >= 11 is 0. The van der Waals surface area contributed by atoms with E-state index in [1.54, 1.807) is 12.5 Å². The molecule has 1 aromatic rings. The van der Waals surface area contributed by atoms with Crippen molar-refractivity contribution in [1.82, 2.24) is 4.98 Å². The number of nitrogens with zero attached hydrogens (tertiary/aromatic N) is 1. The lowest BCUT2D eigenvalue weighted by molar-refractivity contribution is 0.438. The third-order valence-electron chi connectivity index (χ3n) is 1.64. The van der Waals surface area contributed by atoms with Gasteiger partial charge in [-0.25, -0.2) is 4.98 Å². The highest BCUT2D eigenvalue weighted by molar-refractivity contribution is 4.90. The number of hydrogen-bond acceptors (Lipinski definition) is 2. The number of hydrogen-bond donors (Lipinski definition) is 0. The predicted octanol–water partition coefficient (Wildman–Crippen LogP) is 2.39. The van der Waals surface area contributed by atoms with E-state index < -0.39 is 0 Å². The molecule has 2 heteroatoms. The first-order valence-corrected chi connectivity index (χ1v) is 3.57. The Balaban J connectivity index is 2.64. The lowest BCUT2D eigenvalue weighted by atomic mass is 10.0. The zero-order valence-corrected chi connectivity index (χ0v) is 6.21. The number of oxazole rings is 1. The Morgan fingerprint density at radius 1 is 1.80 bits per heavy atom. The minimum atomic E-state index is 0.398. The molecule has 1 unspecified atom stereocenters. The second-order valence-corrected chi connectivity index (χ2v) is 2.26. The van der Waals surface area contributed by atoms with Crippen LogP contribution in [0.25, 0.3) is 0 Å². The maximum atomic E-state index is 5.13. The molecule has 0 saturated carbocycles. The summed E-state index contributed by atoms with van der Waals surface area (Å²) in [6, 6.07) is 0. The van der Waals surface area contributed by atoms with E-state index in [1.807, 2.05) is 0 Å². The second kappa shape index (κ2) is 3.40. The SMILES string of the molecule is [CH2]CC(CC)c1ncco1. The molecule has 1 aromatic heterocycles. The van der Waals surface area contributed by atoms with Crippen molar-refractivity contribution in [3.63, 3.8) is 0 Å². The third kappa shape index (κ3) is 1.38. The van der Waals surface area contributed by atoms with E-state index in [2.05, 4.69) is 18.8 Å². The molecule has 0 fully saturated rings. The molecule has 0 spiro atoms. The topological polar surface area (TPSA) is 26.0 Å². The molecule has 1 radical (unpaired) electrons. The van der Waals surface area contributed by atoms with Crippen molar-refractivity contribution in [1.29, 1.82) is 0 Å². The minimum absolute atomic E-state index is 0.398. The van der Waals surface area contributed by atoms with Crippen molar-refractivity contribution in [3.8, 4) is 0 Å². The van der Waals surface area contributed by atoms with Crippen molar-refractivity contribution in [3.05, 3.63) is 25.3 Å². The van der Waals surface area contributed by atoms with Crippen LogP contribution in [-0.2, 0) is 0 Å². The van der Waals surface area contributed by atoms with E-state index in [0.29, 0.717) is 5.92 Å². The van der Waals surface area contributed by atoms with Crippen LogP contribution < -0.4 is 0 Å². The summed E-state index contributed by atoms with van der Waals surface area (Å²) < 4.78 is 5.13. The second-order valence-electron chi connectivity index (χ2n) is 2.26. The molecule has 0 aromatic carbocycles. The molecule has 0 aliphatic rings. The average Bonchev–Trinajstić information content (AvgIpc) is 2.43. The van der Waals surface area contributed by atoms with Gasteiger partial charge in [-0.1, -0.05) is 13.8 Å². The fourth-order valence-corrected chi connectivity index (χ4v) is 0.938. The summed E-state index contributed by atoms with van der Waals surface area (Å²) in [5.74, 6) is 1.22. The van der Waals surface area contributed by atoms with Gasteiger partial charge in [-0.15, -0.1) is 0 Å². The minimum Gasteiger partial charge on any atom is -0.449 e. The van der Waals surface area contributed by atoms with Crippen LogP contribution in [0.2, 0.25) is 0 Å². The van der Waals surface area contributed by atoms with Crippen molar-refractivity contribution in [2.75, 3.05) is 0 Å². The maximum absolute atomic E-state index is 5.13. The molecule has 2 nitrogen and oxygen atoms in total. The van der Waals surface area contributed by atoms with Crippen molar-refractivity contribution < 1.29 is 4.42 Å². The van der Waals surface area contributed by atoms with Crippen LogP contribution in [0.1, 0.15) is 31.6 Å². The Morgan fingerprint density at radius 2 is 2.60 bits per heavy atom. The van der Waals surface area contributed by atoms with Gasteiger partial charge in [0.05, 0.1) is 6.20 Å². The summed E-state index contributed by atoms with van der Waals surface area (Å²) in [7, 11) is 0. The summed E-state index contributed by atoms with van der Waals surface area (Å²) in [5.41, 5.74) is 0. The number of rotatable bonds is 3. The van der Waals surface area contributed by atoms with Gasteiger partial charge in [-0.05, 0) is 12.8 Å². The molecule has 1 heterocycles. The monoisotopic (exact) mass is 138 g/mol. The summed E-state index contributed by atoms with van der Waals surface area (Å²) in [4.78, 5) is 4.05. The van der Waals surface area contributed by atoms with E-state index in [4.69, 9.17) is 4.42 Å². The highest BCUT2D eigenvalue weighted by atomic mass is 16.3. The molecule has 1 rings (SSSR count). The molecular weight excluding hydrogens is 126 g/mol. The Hall–Kier alpha value is -0.790. The summed E-state index contributed by atoms with van der Waals surface area (Å²) in [6.07, 6.45) is 5.18. The fraction of sp³-hybridized carbons (Fsp3) is 0.500. The van der Waals surface area contributed by atoms with Crippen LogP contribution in [0.3, 0.4) is 0 Å². The quantitative estimate of drug-likeness (QED) is 0.641. The van der Waals surface area contributed by atoms with E-state index in [1.165, 1.54) is 0 Å².